The van der Waals surface area contributed by atoms with E-state index >= 15 is 0 Å². The molecule has 2 aromatic rings. The average molecular weight is 628 g/mol. The van der Waals surface area contributed by atoms with Crippen molar-refractivity contribution >= 4 is 80.0 Å². The number of carbonyl (C=O) groups excluding carboxylic acids is 1. The molecule has 1 aliphatic carbocycles. The zero-order valence-corrected chi connectivity index (χ0v) is 19.5. The van der Waals surface area contributed by atoms with Crippen LogP contribution in [0.3, 0.4) is 0 Å². The van der Waals surface area contributed by atoms with E-state index < -0.39 is 14.9 Å². The van der Waals surface area contributed by atoms with E-state index in [9.17, 15) is 9.90 Å². The number of anilines is 1. The molecule has 140 valence electrons. The highest BCUT2D eigenvalue weighted by molar-refractivity contribution is 14.1. The van der Waals surface area contributed by atoms with Crippen LogP contribution < -0.4 is 10.1 Å². The lowest BCUT2D eigenvalue weighted by molar-refractivity contribution is -0.113. The number of hydrogen-bond acceptors (Lipinski definition) is 3. The van der Waals surface area contributed by atoms with Crippen molar-refractivity contribution in [1.29, 1.82) is 0 Å². The highest BCUT2D eigenvalue weighted by Gasteiger charge is 2.47. The van der Waals surface area contributed by atoms with Gasteiger partial charge in [0.15, 0.2) is 8.64 Å². The molecule has 1 aliphatic rings. The summed E-state index contributed by atoms with van der Waals surface area (Å²) in [5.41, 5.74) is 0.794. The summed E-state index contributed by atoms with van der Waals surface area (Å²) in [5.74, 6) is 0.467. The maximum absolute atomic E-state index is 12.6. The predicted octanol–water partition coefficient (Wildman–Crippen LogP) is 5.68. The van der Waals surface area contributed by atoms with Crippen molar-refractivity contribution in [2.24, 2.45) is 0 Å². The van der Waals surface area contributed by atoms with E-state index in [1.165, 1.54) is 0 Å². The zero-order valence-electron chi connectivity index (χ0n) is 13.6. The Kier molecular flexibility index (Phi) is 6.73. The Morgan fingerprint density at radius 1 is 1.15 bits per heavy atom. The summed E-state index contributed by atoms with van der Waals surface area (Å²) in [5, 5.41) is 14.1. The lowest BCUT2D eigenvalue weighted by atomic mass is 9.98. The summed E-state index contributed by atoms with van der Waals surface area (Å²) in [6.07, 6.45) is 0.318. The van der Waals surface area contributed by atoms with Crippen LogP contribution in [0.25, 0.3) is 0 Å². The van der Waals surface area contributed by atoms with Crippen molar-refractivity contribution in [2.45, 2.75) is 8.98 Å². The molecule has 8 heteroatoms. The number of aliphatic hydroxyl groups is 1. The van der Waals surface area contributed by atoms with Gasteiger partial charge in [-0.3, -0.25) is 4.79 Å². The first-order valence-corrected chi connectivity index (χ1v) is 10.7. The molecule has 0 saturated heterocycles. The van der Waals surface area contributed by atoms with E-state index in [2.05, 4.69) is 5.32 Å². The van der Waals surface area contributed by atoms with E-state index in [1.54, 1.807) is 42.5 Å². The van der Waals surface area contributed by atoms with Gasteiger partial charge in [0.2, 0.25) is 0 Å². The van der Waals surface area contributed by atoms with Crippen molar-refractivity contribution in [3.63, 3.8) is 0 Å². The van der Waals surface area contributed by atoms with Gasteiger partial charge in [0.05, 0.1) is 3.58 Å². The molecule has 2 N–H and O–H groups in total. The number of nitrogens with one attached hydrogen (secondary N) is 1. The fraction of sp³-hybridized carbons (Fsp3) is 0.105. The second kappa shape index (κ2) is 8.69. The highest BCUT2D eigenvalue weighted by Crippen LogP contribution is 2.46. The van der Waals surface area contributed by atoms with Crippen molar-refractivity contribution in [3.8, 4) is 5.75 Å². The fourth-order valence-electron chi connectivity index (χ4n) is 2.41. The Morgan fingerprint density at radius 3 is 2.41 bits per heavy atom. The van der Waals surface area contributed by atoms with Crippen molar-refractivity contribution in [1.82, 2.24) is 0 Å². The van der Waals surface area contributed by atoms with Gasteiger partial charge in [-0.15, -0.1) is 0 Å². The fourth-order valence-corrected chi connectivity index (χ4v) is 5.08. The molecule has 0 fully saturated rings. The molecule has 1 amide bonds. The largest absolute Gasteiger partial charge is 0.458 e. The summed E-state index contributed by atoms with van der Waals surface area (Å²) in [6, 6.07) is 15.8. The van der Waals surface area contributed by atoms with Crippen LogP contribution in [0, 0.1) is 0 Å². The van der Waals surface area contributed by atoms with Crippen LogP contribution in [-0.2, 0) is 4.79 Å². The Labute approximate surface area is 193 Å². The Morgan fingerprint density at radius 2 is 1.78 bits per heavy atom. The number of rotatable bonds is 4. The third-order valence-electron chi connectivity index (χ3n) is 3.77. The number of benzene rings is 2. The number of halogens is 4. The quantitative estimate of drug-likeness (QED) is 0.339. The van der Waals surface area contributed by atoms with Crippen LogP contribution in [0.4, 0.5) is 5.69 Å². The van der Waals surface area contributed by atoms with Gasteiger partial charge in [0.25, 0.3) is 5.91 Å². The van der Waals surface area contributed by atoms with E-state index in [0.29, 0.717) is 25.8 Å². The number of carbonyl (C=O) groups is 1. The second-order valence-corrected chi connectivity index (χ2v) is 10.2. The maximum Gasteiger partial charge on any atom is 0.254 e. The van der Waals surface area contributed by atoms with Crippen LogP contribution in [0.1, 0.15) is 0 Å². The monoisotopic (exact) mass is 627 g/mol. The number of allylic oxidation sites excluding steroid dienone is 2. The molecule has 0 aliphatic heterocycles. The van der Waals surface area contributed by atoms with E-state index in [0.717, 1.165) is 0 Å². The summed E-state index contributed by atoms with van der Waals surface area (Å²) < 4.78 is 5.17. The van der Waals surface area contributed by atoms with Gasteiger partial charge in [0, 0.05) is 16.3 Å². The third-order valence-corrected chi connectivity index (χ3v) is 6.28. The van der Waals surface area contributed by atoms with Gasteiger partial charge in [0.1, 0.15) is 11.9 Å². The molecular weight excluding hydrogens is 615 g/mol. The first-order valence-electron chi connectivity index (χ1n) is 7.76. The molecule has 0 spiro atoms. The molecule has 2 atom stereocenters. The topological polar surface area (TPSA) is 58.6 Å². The van der Waals surface area contributed by atoms with Crippen molar-refractivity contribution in [2.75, 3.05) is 5.32 Å². The zero-order chi connectivity index (χ0) is 19.6. The van der Waals surface area contributed by atoms with Crippen LogP contribution in [0.2, 0.25) is 5.02 Å². The van der Waals surface area contributed by atoms with Crippen molar-refractivity contribution in [3.05, 3.63) is 80.6 Å². The molecule has 4 nitrogen and oxygen atoms in total. The number of amides is 1. The lowest BCUT2D eigenvalue weighted by Crippen LogP contribution is -2.42. The van der Waals surface area contributed by atoms with Crippen LogP contribution in [0.5, 0.6) is 5.75 Å². The summed E-state index contributed by atoms with van der Waals surface area (Å²) in [7, 11) is 0. The van der Waals surface area contributed by atoms with E-state index in [4.69, 9.17) is 27.9 Å². The second-order valence-electron chi connectivity index (χ2n) is 5.68. The number of hydrogen-bond donors (Lipinski definition) is 2. The van der Waals surface area contributed by atoms with Gasteiger partial charge in [-0.1, -0.05) is 41.4 Å². The van der Waals surface area contributed by atoms with Gasteiger partial charge >= 0.3 is 0 Å². The minimum absolute atomic E-state index is 0.163. The smallest absolute Gasteiger partial charge is 0.254 e. The highest BCUT2D eigenvalue weighted by atomic mass is 127. The van der Waals surface area contributed by atoms with Gasteiger partial charge in [-0.05, 0) is 87.7 Å². The SMILES string of the molecule is O=C(Nc1ccccc1)C1=CC(I)=C(Oc2ccc(Cl)cc2)C(Cl)(I)C1O. The maximum atomic E-state index is 12.6. The summed E-state index contributed by atoms with van der Waals surface area (Å²) >= 11 is 16.4. The van der Waals surface area contributed by atoms with E-state index in [1.807, 2.05) is 63.4 Å². The summed E-state index contributed by atoms with van der Waals surface area (Å²) in [4.78, 5) is 12.6. The normalized spacial score (nSPS) is 22.3. The molecule has 0 aromatic heterocycles. The van der Waals surface area contributed by atoms with Crippen molar-refractivity contribution < 1.29 is 14.6 Å². The number of para-hydroxylation sites is 1. The molecule has 2 aromatic carbocycles. The van der Waals surface area contributed by atoms with Gasteiger partial charge in [-0.25, -0.2) is 0 Å². The predicted molar refractivity (Wildman–Crippen MR) is 125 cm³/mol. The Bertz CT molecular complexity index is 912. The average Bonchev–Trinajstić information content (AvgIpc) is 2.64. The molecule has 0 bridgehead atoms. The third kappa shape index (κ3) is 4.79. The first kappa shape index (κ1) is 20.9. The van der Waals surface area contributed by atoms with E-state index in [-0.39, 0.29) is 5.57 Å². The number of aliphatic hydroxyl groups excluding tert-OH is 1. The molecule has 27 heavy (non-hydrogen) atoms. The molecule has 0 saturated carbocycles. The molecule has 3 rings (SSSR count). The molecular formula is C19H13Cl2I2NO3. The summed E-state index contributed by atoms with van der Waals surface area (Å²) in [6.45, 7) is 0. The number of ether oxygens (including phenoxy) is 1. The van der Waals surface area contributed by atoms with Crippen LogP contribution in [0.15, 0.2) is 75.6 Å². The minimum Gasteiger partial charge on any atom is -0.458 e. The molecule has 2 unspecified atom stereocenters. The number of alkyl halides is 2. The molecule has 0 radical (unpaired) electrons. The first-order chi connectivity index (χ1) is 12.8. The minimum atomic E-state index is -1.34. The van der Waals surface area contributed by atoms with Crippen LogP contribution >= 0.6 is 68.4 Å². The van der Waals surface area contributed by atoms with Gasteiger partial charge in [-0.2, -0.15) is 0 Å². The lowest BCUT2D eigenvalue weighted by Gasteiger charge is -2.33. The van der Waals surface area contributed by atoms with Crippen LogP contribution in [-0.4, -0.2) is 20.0 Å². The Balaban J connectivity index is 1.90. The Hall–Kier alpha value is -0.810. The molecule has 0 heterocycles. The van der Waals surface area contributed by atoms with Gasteiger partial charge < -0.3 is 15.2 Å². The standard InChI is InChI=1S/C19H13Cl2I2NO3/c20-11-6-8-13(9-7-11)27-17-15(22)10-14(16(25)19(17,21)23)18(26)24-12-4-2-1-3-5-12/h1-10,16,25H,(H,24,26).